The summed E-state index contributed by atoms with van der Waals surface area (Å²) >= 11 is 7.36. The largest absolute Gasteiger partial charge is 0.337 e. The van der Waals surface area contributed by atoms with Crippen molar-refractivity contribution in [3.8, 4) is 0 Å². The van der Waals surface area contributed by atoms with Crippen molar-refractivity contribution in [1.29, 1.82) is 0 Å². The van der Waals surface area contributed by atoms with Crippen LogP contribution in [0, 0.1) is 0 Å². The van der Waals surface area contributed by atoms with E-state index in [4.69, 9.17) is 17.3 Å². The van der Waals surface area contributed by atoms with Crippen LogP contribution in [-0.2, 0) is 6.54 Å². The summed E-state index contributed by atoms with van der Waals surface area (Å²) in [7, 11) is 0. The Labute approximate surface area is 155 Å². The van der Waals surface area contributed by atoms with Gasteiger partial charge in [-0.25, -0.2) is 4.98 Å². The van der Waals surface area contributed by atoms with Gasteiger partial charge in [-0.2, -0.15) is 0 Å². The normalized spacial score (nSPS) is 15.1. The molecule has 2 amide bonds. The lowest BCUT2D eigenvalue weighted by Gasteiger charge is -2.22. The summed E-state index contributed by atoms with van der Waals surface area (Å²) in [5.74, 6) is -0.163. The van der Waals surface area contributed by atoms with Gasteiger partial charge in [-0.3, -0.25) is 9.59 Å². The van der Waals surface area contributed by atoms with Gasteiger partial charge in [0.25, 0.3) is 11.8 Å². The van der Waals surface area contributed by atoms with Crippen molar-refractivity contribution in [2.75, 3.05) is 26.2 Å². The Hall–Kier alpha value is -1.96. The van der Waals surface area contributed by atoms with Crippen molar-refractivity contribution in [3.05, 3.63) is 50.9 Å². The predicted octanol–water partition coefficient (Wildman–Crippen LogP) is 2.24. The molecule has 8 heteroatoms. The molecular formula is C17H19ClN4O2S. The van der Waals surface area contributed by atoms with Gasteiger partial charge < -0.3 is 15.5 Å². The molecule has 2 aromatic rings. The van der Waals surface area contributed by atoms with Crippen LogP contribution in [0.3, 0.4) is 0 Å². The summed E-state index contributed by atoms with van der Waals surface area (Å²) in [6, 6.07) is 6.93. The van der Waals surface area contributed by atoms with Gasteiger partial charge in [-0.15, -0.1) is 11.3 Å². The fourth-order valence-corrected chi connectivity index (χ4v) is 3.63. The maximum absolute atomic E-state index is 12.6. The number of hydrogen-bond acceptors (Lipinski definition) is 5. The lowest BCUT2D eigenvalue weighted by atomic mass is 10.2. The van der Waals surface area contributed by atoms with Gasteiger partial charge in [0.2, 0.25) is 0 Å². The van der Waals surface area contributed by atoms with E-state index < -0.39 is 0 Å². The Kier molecular flexibility index (Phi) is 5.67. The highest BCUT2D eigenvalue weighted by Gasteiger charge is 2.24. The zero-order valence-corrected chi connectivity index (χ0v) is 15.2. The molecule has 0 aliphatic carbocycles. The highest BCUT2D eigenvalue weighted by molar-refractivity contribution is 7.09. The third-order valence-electron chi connectivity index (χ3n) is 4.09. The molecule has 1 saturated heterocycles. The second kappa shape index (κ2) is 7.95. The van der Waals surface area contributed by atoms with Crippen LogP contribution in [0.4, 0.5) is 0 Å². The summed E-state index contributed by atoms with van der Waals surface area (Å²) in [5, 5.41) is 3.03. The first-order chi connectivity index (χ1) is 12.1. The molecule has 1 aliphatic rings. The maximum atomic E-state index is 12.6. The molecule has 1 fully saturated rings. The molecule has 0 unspecified atom stereocenters. The first kappa shape index (κ1) is 17.8. The quantitative estimate of drug-likeness (QED) is 0.888. The number of aromatic nitrogens is 1. The summed E-state index contributed by atoms with van der Waals surface area (Å²) in [6.07, 6.45) is 0.728. The summed E-state index contributed by atoms with van der Waals surface area (Å²) in [5.41, 5.74) is 6.55. The van der Waals surface area contributed by atoms with Crippen LogP contribution < -0.4 is 5.73 Å². The predicted molar refractivity (Wildman–Crippen MR) is 97.9 cm³/mol. The molecule has 2 heterocycles. The highest BCUT2D eigenvalue weighted by atomic mass is 35.5. The summed E-state index contributed by atoms with van der Waals surface area (Å²) < 4.78 is 0. The van der Waals surface area contributed by atoms with Gasteiger partial charge in [-0.1, -0.05) is 17.7 Å². The first-order valence-corrected chi connectivity index (χ1v) is 9.33. The van der Waals surface area contributed by atoms with E-state index in [1.54, 1.807) is 39.4 Å². The fourth-order valence-electron chi connectivity index (χ4n) is 2.79. The van der Waals surface area contributed by atoms with Crippen LogP contribution in [0.2, 0.25) is 5.02 Å². The molecular weight excluding hydrogens is 360 g/mol. The fraction of sp³-hybridized carbons (Fsp3) is 0.353. The summed E-state index contributed by atoms with van der Waals surface area (Å²) in [6.45, 7) is 2.53. The number of thiazole rings is 1. The molecule has 1 aromatic carbocycles. The van der Waals surface area contributed by atoms with E-state index in [0.717, 1.165) is 11.4 Å². The Morgan fingerprint density at radius 1 is 1.16 bits per heavy atom. The minimum absolute atomic E-state index is 0.0594. The average molecular weight is 379 g/mol. The van der Waals surface area contributed by atoms with Crippen molar-refractivity contribution in [2.24, 2.45) is 5.73 Å². The van der Waals surface area contributed by atoms with E-state index in [1.807, 2.05) is 0 Å². The van der Waals surface area contributed by atoms with Gasteiger partial charge >= 0.3 is 0 Å². The van der Waals surface area contributed by atoms with Gasteiger partial charge in [0, 0.05) is 48.7 Å². The van der Waals surface area contributed by atoms with Crippen LogP contribution in [0.1, 0.15) is 32.3 Å². The monoisotopic (exact) mass is 378 g/mol. The number of carbonyl (C=O) groups is 2. The van der Waals surface area contributed by atoms with Crippen LogP contribution in [-0.4, -0.2) is 52.8 Å². The van der Waals surface area contributed by atoms with E-state index in [9.17, 15) is 9.59 Å². The van der Waals surface area contributed by atoms with Gasteiger partial charge in [0.15, 0.2) is 0 Å². The number of amides is 2. The van der Waals surface area contributed by atoms with Crippen molar-refractivity contribution >= 4 is 34.8 Å². The van der Waals surface area contributed by atoms with E-state index in [-0.39, 0.29) is 11.8 Å². The molecule has 0 atom stereocenters. The average Bonchev–Trinajstić information content (AvgIpc) is 2.97. The Balaban J connectivity index is 1.65. The zero-order chi connectivity index (χ0) is 17.8. The van der Waals surface area contributed by atoms with Crippen LogP contribution in [0.15, 0.2) is 29.6 Å². The molecule has 25 heavy (non-hydrogen) atoms. The molecule has 0 bridgehead atoms. The van der Waals surface area contributed by atoms with Gasteiger partial charge in [0.1, 0.15) is 10.7 Å². The number of nitrogens with two attached hydrogens (primary N) is 1. The molecule has 1 aromatic heterocycles. The van der Waals surface area contributed by atoms with Crippen molar-refractivity contribution in [3.63, 3.8) is 0 Å². The van der Waals surface area contributed by atoms with Crippen LogP contribution in [0.5, 0.6) is 0 Å². The zero-order valence-electron chi connectivity index (χ0n) is 13.7. The van der Waals surface area contributed by atoms with E-state index >= 15 is 0 Å². The molecule has 0 spiro atoms. The topological polar surface area (TPSA) is 79.5 Å². The number of rotatable bonds is 3. The second-order valence-electron chi connectivity index (χ2n) is 5.78. The number of halogens is 1. The standard InChI is InChI=1S/C17H19ClN4O2S/c18-13-4-1-3-12(9-13)16(23)21-5-2-6-22(8-7-21)17(24)14-11-25-15(10-19)20-14/h1,3-4,9,11H,2,5-8,10,19H2. The molecule has 6 nitrogen and oxygen atoms in total. The van der Waals surface area contributed by atoms with Crippen LogP contribution in [0.25, 0.3) is 0 Å². The molecule has 0 saturated carbocycles. The first-order valence-electron chi connectivity index (χ1n) is 8.07. The van der Waals surface area contributed by atoms with Gasteiger partial charge in [0.05, 0.1) is 0 Å². The molecule has 3 rings (SSSR count). The molecule has 1 aliphatic heterocycles. The van der Waals surface area contributed by atoms with Crippen LogP contribution >= 0.6 is 22.9 Å². The van der Waals surface area contributed by atoms with E-state index in [2.05, 4.69) is 4.98 Å². The molecule has 2 N–H and O–H groups in total. The van der Waals surface area contributed by atoms with Crippen molar-refractivity contribution < 1.29 is 9.59 Å². The maximum Gasteiger partial charge on any atom is 0.273 e. The minimum Gasteiger partial charge on any atom is -0.337 e. The third kappa shape index (κ3) is 4.18. The lowest BCUT2D eigenvalue weighted by molar-refractivity contribution is 0.0716. The minimum atomic E-state index is -0.104. The van der Waals surface area contributed by atoms with Crippen molar-refractivity contribution in [2.45, 2.75) is 13.0 Å². The highest BCUT2D eigenvalue weighted by Crippen LogP contribution is 2.16. The third-order valence-corrected chi connectivity index (χ3v) is 5.19. The van der Waals surface area contributed by atoms with E-state index in [1.165, 1.54) is 11.3 Å². The summed E-state index contributed by atoms with van der Waals surface area (Å²) in [4.78, 5) is 33.0. The van der Waals surface area contributed by atoms with E-state index in [0.29, 0.717) is 49.0 Å². The smallest absolute Gasteiger partial charge is 0.273 e. The second-order valence-corrected chi connectivity index (χ2v) is 7.16. The SMILES string of the molecule is NCc1nc(C(=O)N2CCCN(C(=O)c3cccc(Cl)c3)CC2)cs1. The molecule has 132 valence electrons. The number of hydrogen-bond donors (Lipinski definition) is 1. The number of nitrogens with zero attached hydrogens (tertiary/aromatic N) is 3. The number of benzene rings is 1. The van der Waals surface area contributed by atoms with Crippen molar-refractivity contribution in [1.82, 2.24) is 14.8 Å². The molecule has 0 radical (unpaired) electrons. The number of carbonyl (C=O) groups excluding carboxylic acids is 2. The van der Waals surface area contributed by atoms with Gasteiger partial charge in [-0.05, 0) is 24.6 Å². The Morgan fingerprint density at radius 3 is 2.52 bits per heavy atom. The lowest BCUT2D eigenvalue weighted by Crippen LogP contribution is -2.37. The Bertz CT molecular complexity index is 780. The Morgan fingerprint density at radius 2 is 1.88 bits per heavy atom.